The van der Waals surface area contributed by atoms with Crippen LogP contribution in [0.15, 0.2) is 53.3 Å². The Hall–Kier alpha value is -3.41. The number of carbonyl (C=O) groups excluding carboxylic acids is 1. The fraction of sp³-hybridized carbons (Fsp3) is 0.292. The third kappa shape index (κ3) is 3.99. The molecule has 1 aliphatic rings. The zero-order valence-corrected chi connectivity index (χ0v) is 17.5. The van der Waals surface area contributed by atoms with Gasteiger partial charge in [-0.1, -0.05) is 36.4 Å². The van der Waals surface area contributed by atoms with Crippen molar-refractivity contribution in [2.75, 3.05) is 16.8 Å². The molecule has 30 heavy (non-hydrogen) atoms. The Bertz CT molecular complexity index is 1150. The van der Waals surface area contributed by atoms with Crippen LogP contribution in [0, 0.1) is 20.8 Å². The van der Waals surface area contributed by atoms with Crippen LogP contribution in [0.5, 0.6) is 0 Å². The highest BCUT2D eigenvalue weighted by Crippen LogP contribution is 2.33. The number of hydrogen-bond acceptors (Lipinski definition) is 4. The van der Waals surface area contributed by atoms with Crippen LogP contribution in [0.1, 0.15) is 40.3 Å². The van der Waals surface area contributed by atoms with E-state index < -0.39 is 0 Å². The minimum absolute atomic E-state index is 0.0604. The number of carbonyl (C=O) groups is 1. The van der Waals surface area contributed by atoms with Gasteiger partial charge in [0.25, 0.3) is 5.56 Å². The van der Waals surface area contributed by atoms with Gasteiger partial charge in [-0.3, -0.25) is 14.6 Å². The van der Waals surface area contributed by atoms with E-state index in [1.54, 1.807) is 0 Å². The Morgan fingerprint density at radius 3 is 2.63 bits per heavy atom. The Morgan fingerprint density at radius 1 is 1.07 bits per heavy atom. The SMILES string of the molecule is Cc1ccccc1CNc1nc(C2CC(=O)N(c3cccc(C)c3C)C2)cc(=O)[nH]1. The van der Waals surface area contributed by atoms with Crippen LogP contribution in [0.4, 0.5) is 11.6 Å². The summed E-state index contributed by atoms with van der Waals surface area (Å²) in [5, 5.41) is 3.21. The number of hydrogen-bond donors (Lipinski definition) is 2. The van der Waals surface area contributed by atoms with Gasteiger partial charge in [0.2, 0.25) is 11.9 Å². The Balaban J connectivity index is 1.54. The van der Waals surface area contributed by atoms with Crippen molar-refractivity contribution >= 4 is 17.5 Å². The van der Waals surface area contributed by atoms with Crippen molar-refractivity contribution in [3.63, 3.8) is 0 Å². The predicted molar refractivity (Wildman–Crippen MR) is 119 cm³/mol. The monoisotopic (exact) mass is 402 g/mol. The van der Waals surface area contributed by atoms with E-state index in [1.165, 1.54) is 11.6 Å². The van der Waals surface area contributed by atoms with Gasteiger partial charge in [0, 0.05) is 37.2 Å². The van der Waals surface area contributed by atoms with E-state index in [2.05, 4.69) is 28.3 Å². The van der Waals surface area contributed by atoms with E-state index in [0.717, 1.165) is 22.4 Å². The molecule has 3 aromatic rings. The van der Waals surface area contributed by atoms with Gasteiger partial charge in [-0.15, -0.1) is 0 Å². The first-order valence-corrected chi connectivity index (χ1v) is 10.2. The van der Waals surface area contributed by atoms with Crippen molar-refractivity contribution < 1.29 is 4.79 Å². The van der Waals surface area contributed by atoms with Crippen LogP contribution in [0.25, 0.3) is 0 Å². The third-order valence-corrected chi connectivity index (χ3v) is 5.88. The van der Waals surface area contributed by atoms with Crippen LogP contribution in [0.3, 0.4) is 0 Å². The summed E-state index contributed by atoms with van der Waals surface area (Å²) in [5.41, 5.74) is 5.94. The molecule has 6 nitrogen and oxygen atoms in total. The predicted octanol–water partition coefficient (Wildman–Crippen LogP) is 3.83. The lowest BCUT2D eigenvalue weighted by molar-refractivity contribution is -0.117. The Morgan fingerprint density at radius 2 is 1.83 bits per heavy atom. The minimum atomic E-state index is -0.218. The largest absolute Gasteiger partial charge is 0.352 e. The third-order valence-electron chi connectivity index (χ3n) is 5.88. The van der Waals surface area contributed by atoms with Crippen molar-refractivity contribution in [1.29, 1.82) is 0 Å². The van der Waals surface area contributed by atoms with Crippen LogP contribution in [0.2, 0.25) is 0 Å². The van der Waals surface area contributed by atoms with Gasteiger partial charge >= 0.3 is 0 Å². The minimum Gasteiger partial charge on any atom is -0.352 e. The molecule has 1 unspecified atom stereocenters. The van der Waals surface area contributed by atoms with E-state index in [1.807, 2.05) is 55.1 Å². The molecule has 1 atom stereocenters. The molecule has 0 radical (unpaired) electrons. The smallest absolute Gasteiger partial charge is 0.252 e. The topological polar surface area (TPSA) is 78.1 Å². The molecule has 2 N–H and O–H groups in total. The summed E-state index contributed by atoms with van der Waals surface area (Å²) >= 11 is 0. The highest BCUT2D eigenvalue weighted by atomic mass is 16.2. The van der Waals surface area contributed by atoms with Crippen molar-refractivity contribution in [2.24, 2.45) is 0 Å². The summed E-state index contributed by atoms with van der Waals surface area (Å²) in [6.45, 7) is 7.22. The molecule has 1 fully saturated rings. The number of benzene rings is 2. The molecule has 1 aliphatic heterocycles. The molecule has 4 rings (SSSR count). The molecular formula is C24H26N4O2. The first-order chi connectivity index (χ1) is 14.4. The summed E-state index contributed by atoms with van der Waals surface area (Å²) in [5.74, 6) is 0.377. The molecular weight excluding hydrogens is 376 g/mol. The second kappa shape index (κ2) is 8.14. The summed E-state index contributed by atoms with van der Waals surface area (Å²) in [6, 6.07) is 15.6. The van der Waals surface area contributed by atoms with Crippen LogP contribution >= 0.6 is 0 Å². The number of amides is 1. The van der Waals surface area contributed by atoms with Gasteiger partial charge in [0.15, 0.2) is 0 Å². The average molecular weight is 402 g/mol. The Labute approximate surface area is 176 Å². The van der Waals surface area contributed by atoms with Crippen LogP contribution < -0.4 is 15.8 Å². The van der Waals surface area contributed by atoms with Crippen molar-refractivity contribution in [1.82, 2.24) is 9.97 Å². The molecule has 1 aromatic heterocycles. The van der Waals surface area contributed by atoms with Gasteiger partial charge in [-0.05, 0) is 49.1 Å². The maximum atomic E-state index is 12.7. The van der Waals surface area contributed by atoms with Gasteiger partial charge in [0.05, 0.1) is 5.69 Å². The first kappa shape index (κ1) is 19.9. The first-order valence-electron chi connectivity index (χ1n) is 10.2. The van der Waals surface area contributed by atoms with Gasteiger partial charge < -0.3 is 10.2 Å². The van der Waals surface area contributed by atoms with Gasteiger partial charge in [-0.2, -0.15) is 0 Å². The molecule has 1 saturated heterocycles. The molecule has 2 aromatic carbocycles. The molecule has 154 valence electrons. The maximum Gasteiger partial charge on any atom is 0.252 e. The lowest BCUT2D eigenvalue weighted by atomic mass is 10.0. The second-order valence-electron chi connectivity index (χ2n) is 7.92. The van der Waals surface area contributed by atoms with Crippen molar-refractivity contribution in [3.8, 4) is 0 Å². The molecule has 0 spiro atoms. The van der Waals surface area contributed by atoms with Crippen LogP contribution in [-0.2, 0) is 11.3 Å². The molecule has 0 bridgehead atoms. The quantitative estimate of drug-likeness (QED) is 0.680. The lowest BCUT2D eigenvalue weighted by Crippen LogP contribution is -2.25. The number of aromatic nitrogens is 2. The Kier molecular flexibility index (Phi) is 5.40. The van der Waals surface area contributed by atoms with Gasteiger partial charge in [-0.25, -0.2) is 4.98 Å². The lowest BCUT2D eigenvalue weighted by Gasteiger charge is -2.20. The average Bonchev–Trinajstić information content (AvgIpc) is 3.11. The molecule has 6 heteroatoms. The molecule has 2 heterocycles. The van der Waals surface area contributed by atoms with Crippen molar-refractivity contribution in [2.45, 2.75) is 39.7 Å². The normalized spacial score (nSPS) is 16.2. The van der Waals surface area contributed by atoms with Gasteiger partial charge in [0.1, 0.15) is 0 Å². The van der Waals surface area contributed by atoms with E-state index >= 15 is 0 Å². The number of rotatable bonds is 5. The summed E-state index contributed by atoms with van der Waals surface area (Å²) in [6.07, 6.45) is 0.348. The number of anilines is 2. The number of aryl methyl sites for hydroxylation is 2. The van der Waals surface area contributed by atoms with Crippen LogP contribution in [-0.4, -0.2) is 22.4 Å². The zero-order valence-electron chi connectivity index (χ0n) is 17.5. The summed E-state index contributed by atoms with van der Waals surface area (Å²) < 4.78 is 0. The fourth-order valence-electron chi connectivity index (χ4n) is 3.92. The molecule has 0 aliphatic carbocycles. The van der Waals surface area contributed by atoms with Crippen molar-refractivity contribution in [3.05, 3.63) is 86.8 Å². The summed E-state index contributed by atoms with van der Waals surface area (Å²) in [4.78, 5) is 34.2. The van der Waals surface area contributed by atoms with E-state index in [9.17, 15) is 9.59 Å². The standard InChI is InChI=1S/C24H26N4O2/c1-15-8-6-10-21(17(15)3)28-14-19(11-23(28)30)20-12-22(29)27-24(26-20)25-13-18-9-5-4-7-16(18)2/h4-10,12,19H,11,13-14H2,1-3H3,(H2,25,26,27,29). The van der Waals surface area contributed by atoms with E-state index in [4.69, 9.17) is 0 Å². The van der Waals surface area contributed by atoms with E-state index in [-0.39, 0.29) is 17.4 Å². The second-order valence-corrected chi connectivity index (χ2v) is 7.92. The maximum absolute atomic E-state index is 12.7. The number of H-pyrrole nitrogens is 1. The van der Waals surface area contributed by atoms with E-state index in [0.29, 0.717) is 31.2 Å². The number of nitrogens with one attached hydrogen (secondary N) is 2. The number of aromatic amines is 1. The molecule has 1 amide bonds. The zero-order chi connectivity index (χ0) is 21.3. The summed E-state index contributed by atoms with van der Waals surface area (Å²) in [7, 11) is 0. The number of nitrogens with zero attached hydrogens (tertiary/aromatic N) is 2. The fourth-order valence-corrected chi connectivity index (χ4v) is 3.92. The highest BCUT2D eigenvalue weighted by Gasteiger charge is 2.33. The molecule has 0 saturated carbocycles. The highest BCUT2D eigenvalue weighted by molar-refractivity contribution is 5.97.